The molecule has 0 saturated carbocycles. The number of carbonyl (C=O) groups excluding carboxylic acids is 2. The van der Waals surface area contributed by atoms with Gasteiger partial charge in [-0.2, -0.15) is 4.31 Å². The molecule has 2 aliphatic rings. The number of nitrogens with one attached hydrogen (secondary N) is 1. The van der Waals surface area contributed by atoms with Crippen LogP contribution in [-0.4, -0.2) is 87.7 Å². The molecule has 0 radical (unpaired) electrons. The minimum absolute atomic E-state index is 0.0264. The lowest BCUT2D eigenvalue weighted by Gasteiger charge is -2.32. The highest BCUT2D eigenvalue weighted by Crippen LogP contribution is 2.25. The van der Waals surface area contributed by atoms with Gasteiger partial charge in [0.25, 0.3) is 15.9 Å². The zero-order chi connectivity index (χ0) is 24.2. The Hall–Kier alpha value is -1.91. The Bertz CT molecular complexity index is 926. The maximum Gasteiger partial charge on any atom is 0.289 e. The zero-order valence-electron chi connectivity index (χ0n) is 20.3. The number of carbonyl (C=O) groups is 2. The van der Waals surface area contributed by atoms with Crippen LogP contribution in [0.25, 0.3) is 0 Å². The third kappa shape index (κ3) is 6.58. The summed E-state index contributed by atoms with van der Waals surface area (Å²) in [5.74, 6) is -0.405. The quantitative estimate of drug-likeness (QED) is 0.608. The molecule has 1 aromatic rings. The first kappa shape index (κ1) is 25.7. The molecule has 3 heterocycles. The number of piperidine rings is 2. The van der Waals surface area contributed by atoms with E-state index in [-0.39, 0.29) is 34.0 Å². The van der Waals surface area contributed by atoms with Crippen molar-refractivity contribution in [2.24, 2.45) is 11.3 Å². The third-order valence-electron chi connectivity index (χ3n) is 6.34. The van der Waals surface area contributed by atoms with Crippen LogP contribution in [0.1, 0.15) is 56.5 Å². The number of rotatable bonds is 8. The van der Waals surface area contributed by atoms with Gasteiger partial charge in [0.1, 0.15) is 0 Å². The van der Waals surface area contributed by atoms with Crippen molar-refractivity contribution in [3.05, 3.63) is 17.9 Å². The molecule has 0 unspecified atom stereocenters. The fourth-order valence-corrected chi connectivity index (χ4v) is 6.12. The highest BCUT2D eigenvalue weighted by Gasteiger charge is 2.33. The second-order valence-corrected chi connectivity index (χ2v) is 12.1. The van der Waals surface area contributed by atoms with Gasteiger partial charge in [-0.1, -0.05) is 20.3 Å². The molecule has 0 aromatic carbocycles. The monoisotopic (exact) mass is 482 g/mol. The van der Waals surface area contributed by atoms with Crippen molar-refractivity contribution in [2.45, 2.75) is 51.0 Å². The van der Waals surface area contributed by atoms with Gasteiger partial charge >= 0.3 is 0 Å². The van der Waals surface area contributed by atoms with Crippen molar-refractivity contribution in [1.82, 2.24) is 19.4 Å². The molecular weight excluding hydrogens is 444 g/mol. The molecule has 0 spiro atoms. The maximum atomic E-state index is 12.9. The van der Waals surface area contributed by atoms with Crippen LogP contribution in [0.2, 0.25) is 0 Å². The standard InChI is InChI=1S/C23H38N4O5S/c1-23(2,17-25(3)4)16-24-21(28)18-10-14-26(15-11-18)22(29)19-8-9-20(32-19)33(30,31)27-12-6-5-7-13-27/h8-9,18H,5-7,10-17H2,1-4H3,(H,24,28). The van der Waals surface area contributed by atoms with Crippen molar-refractivity contribution in [1.29, 1.82) is 0 Å². The Kier molecular flexibility index (Phi) is 8.23. The molecule has 186 valence electrons. The highest BCUT2D eigenvalue weighted by atomic mass is 32.2. The Morgan fingerprint density at radius 3 is 2.33 bits per heavy atom. The summed E-state index contributed by atoms with van der Waals surface area (Å²) in [6, 6.07) is 2.80. The first-order valence-corrected chi connectivity index (χ1v) is 13.3. The number of hydrogen-bond donors (Lipinski definition) is 1. The van der Waals surface area contributed by atoms with Crippen LogP contribution in [0.15, 0.2) is 21.6 Å². The second-order valence-electron chi connectivity index (χ2n) is 10.3. The fraction of sp³-hybridized carbons (Fsp3) is 0.739. The van der Waals surface area contributed by atoms with Crippen molar-refractivity contribution in [2.75, 3.05) is 53.4 Å². The predicted molar refractivity (Wildman–Crippen MR) is 125 cm³/mol. The Balaban J connectivity index is 1.52. The van der Waals surface area contributed by atoms with Gasteiger partial charge in [-0.15, -0.1) is 0 Å². The van der Waals surface area contributed by atoms with Crippen LogP contribution in [0.4, 0.5) is 0 Å². The van der Waals surface area contributed by atoms with E-state index in [2.05, 4.69) is 24.1 Å². The second kappa shape index (κ2) is 10.6. The molecular formula is C23H38N4O5S. The number of nitrogens with zero attached hydrogens (tertiary/aromatic N) is 3. The number of sulfonamides is 1. The lowest BCUT2D eigenvalue weighted by atomic mass is 9.91. The summed E-state index contributed by atoms with van der Waals surface area (Å²) in [6.45, 7) is 7.56. The van der Waals surface area contributed by atoms with Gasteiger partial charge in [0.05, 0.1) is 0 Å². The first-order valence-electron chi connectivity index (χ1n) is 11.8. The third-order valence-corrected chi connectivity index (χ3v) is 8.11. The van der Waals surface area contributed by atoms with E-state index in [9.17, 15) is 18.0 Å². The van der Waals surface area contributed by atoms with E-state index in [0.717, 1.165) is 25.8 Å². The summed E-state index contributed by atoms with van der Waals surface area (Å²) in [5, 5.41) is 2.89. The predicted octanol–water partition coefficient (Wildman–Crippen LogP) is 2.01. The molecule has 1 N–H and O–H groups in total. The summed E-state index contributed by atoms with van der Waals surface area (Å²) in [6.07, 6.45) is 3.84. The van der Waals surface area contributed by atoms with Crippen LogP contribution in [0.3, 0.4) is 0 Å². The van der Waals surface area contributed by atoms with Crippen LogP contribution in [-0.2, 0) is 14.8 Å². The minimum Gasteiger partial charge on any atom is -0.438 e. The Morgan fingerprint density at radius 1 is 1.09 bits per heavy atom. The molecule has 9 nitrogen and oxygen atoms in total. The van der Waals surface area contributed by atoms with Gasteiger partial charge in [-0.3, -0.25) is 9.59 Å². The largest absolute Gasteiger partial charge is 0.438 e. The number of hydrogen-bond acceptors (Lipinski definition) is 6. The number of furan rings is 1. The van der Waals surface area contributed by atoms with Gasteiger partial charge < -0.3 is 19.5 Å². The van der Waals surface area contributed by atoms with Crippen molar-refractivity contribution < 1.29 is 22.4 Å². The van der Waals surface area contributed by atoms with Crippen LogP contribution < -0.4 is 5.32 Å². The van der Waals surface area contributed by atoms with E-state index >= 15 is 0 Å². The van der Waals surface area contributed by atoms with E-state index in [1.807, 2.05) is 14.1 Å². The summed E-state index contributed by atoms with van der Waals surface area (Å²) in [7, 11) is 0.319. The van der Waals surface area contributed by atoms with Crippen LogP contribution in [0, 0.1) is 11.3 Å². The van der Waals surface area contributed by atoms with Crippen LogP contribution in [0.5, 0.6) is 0 Å². The Morgan fingerprint density at radius 2 is 1.73 bits per heavy atom. The summed E-state index contributed by atoms with van der Waals surface area (Å²) in [5.41, 5.74) is -0.0264. The molecule has 3 rings (SSSR count). The van der Waals surface area contributed by atoms with E-state index in [1.165, 1.54) is 16.4 Å². The SMILES string of the molecule is CN(C)CC(C)(C)CNC(=O)C1CCN(C(=O)c2ccc(S(=O)(=O)N3CCCCC3)o2)CC1. The molecule has 2 fully saturated rings. The van der Waals surface area contributed by atoms with E-state index < -0.39 is 10.0 Å². The molecule has 0 bridgehead atoms. The molecule has 2 saturated heterocycles. The highest BCUT2D eigenvalue weighted by molar-refractivity contribution is 7.89. The molecule has 1 aromatic heterocycles. The first-order chi connectivity index (χ1) is 15.5. The van der Waals surface area contributed by atoms with E-state index in [1.54, 1.807) is 4.90 Å². The molecule has 2 aliphatic heterocycles. The van der Waals surface area contributed by atoms with Crippen LogP contribution >= 0.6 is 0 Å². The van der Waals surface area contributed by atoms with Gasteiger partial charge in [-0.05, 0) is 57.3 Å². The molecule has 33 heavy (non-hydrogen) atoms. The summed E-state index contributed by atoms with van der Waals surface area (Å²) in [4.78, 5) is 29.2. The van der Waals surface area contributed by atoms with Crippen molar-refractivity contribution in [3.63, 3.8) is 0 Å². The average Bonchev–Trinajstić information content (AvgIpc) is 3.28. The lowest BCUT2D eigenvalue weighted by molar-refractivity contribution is -0.126. The fourth-order valence-electron chi connectivity index (χ4n) is 4.69. The minimum atomic E-state index is -3.71. The smallest absolute Gasteiger partial charge is 0.289 e. The molecule has 10 heteroatoms. The molecule has 0 aliphatic carbocycles. The van der Waals surface area contributed by atoms with Gasteiger partial charge in [0.2, 0.25) is 11.0 Å². The summed E-state index contributed by atoms with van der Waals surface area (Å²) >= 11 is 0. The Labute approximate surface area is 197 Å². The lowest BCUT2D eigenvalue weighted by Crippen LogP contribution is -2.46. The number of likely N-dealkylation sites (tertiary alicyclic amines) is 1. The van der Waals surface area contributed by atoms with Gasteiger partial charge in [0, 0.05) is 45.2 Å². The van der Waals surface area contributed by atoms with Crippen molar-refractivity contribution >= 4 is 21.8 Å². The van der Waals surface area contributed by atoms with E-state index in [4.69, 9.17) is 4.42 Å². The average molecular weight is 483 g/mol. The zero-order valence-corrected chi connectivity index (χ0v) is 21.1. The van der Waals surface area contributed by atoms with Gasteiger partial charge in [-0.25, -0.2) is 8.42 Å². The number of amides is 2. The van der Waals surface area contributed by atoms with E-state index in [0.29, 0.717) is 45.6 Å². The summed E-state index contributed by atoms with van der Waals surface area (Å²) < 4.78 is 32.5. The molecule has 2 amide bonds. The van der Waals surface area contributed by atoms with Crippen molar-refractivity contribution in [3.8, 4) is 0 Å². The van der Waals surface area contributed by atoms with Gasteiger partial charge in [0.15, 0.2) is 5.76 Å². The maximum absolute atomic E-state index is 12.9. The molecule has 0 atom stereocenters. The normalized spacial score (nSPS) is 19.1. The topological polar surface area (TPSA) is 103 Å².